The van der Waals surface area contributed by atoms with E-state index in [1.807, 2.05) is 0 Å². The molecule has 0 saturated carbocycles. The third-order valence-electron chi connectivity index (χ3n) is 3.03. The number of benzene rings is 1. The minimum absolute atomic E-state index is 0.117. The molecule has 0 fully saturated rings. The van der Waals surface area contributed by atoms with Crippen LogP contribution in [0.4, 0.5) is 0 Å². The molecular weight excluding hydrogens is 322 g/mol. The van der Waals surface area contributed by atoms with E-state index < -0.39 is 22.9 Å². The highest BCUT2D eigenvalue weighted by atomic mass is 28.4. The molecule has 1 aromatic rings. The standard InChI is InChI=1S/C16H29N3O2Si2/c1-13-8-10-14(11-9-13)15(20-22(2,3)4)12-16(18-19-17)21-23(5,6)7/h8-11,15-16H,12H2,1-7H3. The van der Waals surface area contributed by atoms with Crippen molar-refractivity contribution in [3.05, 3.63) is 45.8 Å². The summed E-state index contributed by atoms with van der Waals surface area (Å²) in [7, 11) is -3.55. The second kappa shape index (κ2) is 8.12. The highest BCUT2D eigenvalue weighted by Crippen LogP contribution is 2.29. The SMILES string of the molecule is Cc1ccc(C(CC(N=[N+]=[N-])O[Si](C)(C)C)O[Si](C)(C)C)cc1. The maximum absolute atomic E-state index is 8.85. The Morgan fingerprint density at radius 3 is 1.96 bits per heavy atom. The second-order valence-corrected chi connectivity index (χ2v) is 16.7. The number of hydrogen-bond acceptors (Lipinski definition) is 3. The van der Waals surface area contributed by atoms with Gasteiger partial charge in [0.1, 0.15) is 6.23 Å². The normalized spacial score (nSPS) is 14.9. The first-order valence-electron chi connectivity index (χ1n) is 7.96. The third kappa shape index (κ3) is 8.34. The van der Waals surface area contributed by atoms with Gasteiger partial charge in [0.05, 0.1) is 6.10 Å². The van der Waals surface area contributed by atoms with Crippen molar-refractivity contribution in [2.45, 2.75) is 65.0 Å². The summed E-state index contributed by atoms with van der Waals surface area (Å²) in [6.45, 7) is 14.8. The fraction of sp³-hybridized carbons (Fsp3) is 0.625. The van der Waals surface area contributed by atoms with E-state index in [0.717, 1.165) is 5.56 Å². The summed E-state index contributed by atoms with van der Waals surface area (Å²) in [6.07, 6.45) is -0.0646. The Hall–Kier alpha value is -1.12. The Morgan fingerprint density at radius 1 is 1.00 bits per heavy atom. The smallest absolute Gasteiger partial charge is 0.184 e. The molecule has 128 valence electrons. The Kier molecular flexibility index (Phi) is 7.04. The first kappa shape index (κ1) is 19.9. The molecule has 0 N–H and O–H groups in total. The van der Waals surface area contributed by atoms with Gasteiger partial charge in [0.2, 0.25) is 0 Å². The average molecular weight is 352 g/mol. The molecule has 0 aliphatic heterocycles. The second-order valence-electron chi connectivity index (χ2n) is 7.76. The number of nitrogens with zero attached hydrogens (tertiary/aromatic N) is 3. The number of azide groups is 1. The Morgan fingerprint density at radius 2 is 1.52 bits per heavy atom. The van der Waals surface area contributed by atoms with Gasteiger partial charge in [-0.25, -0.2) is 0 Å². The van der Waals surface area contributed by atoms with Gasteiger partial charge in [0.15, 0.2) is 16.6 Å². The predicted octanol–water partition coefficient (Wildman–Crippen LogP) is 5.77. The van der Waals surface area contributed by atoms with E-state index in [2.05, 4.69) is 80.5 Å². The van der Waals surface area contributed by atoms with Crippen LogP contribution in [-0.4, -0.2) is 22.9 Å². The van der Waals surface area contributed by atoms with Crippen molar-refractivity contribution in [2.75, 3.05) is 0 Å². The minimum atomic E-state index is -1.80. The lowest BCUT2D eigenvalue weighted by molar-refractivity contribution is 0.105. The fourth-order valence-corrected chi connectivity index (χ4v) is 4.27. The zero-order chi connectivity index (χ0) is 17.7. The molecule has 0 bridgehead atoms. The van der Waals surface area contributed by atoms with Crippen LogP contribution in [0, 0.1) is 6.92 Å². The monoisotopic (exact) mass is 351 g/mol. The highest BCUT2D eigenvalue weighted by Gasteiger charge is 2.28. The van der Waals surface area contributed by atoms with Gasteiger partial charge in [-0.2, -0.15) is 0 Å². The summed E-state index contributed by atoms with van der Waals surface area (Å²) in [5.41, 5.74) is 11.2. The van der Waals surface area contributed by atoms with Gasteiger partial charge in [-0.15, -0.1) is 0 Å². The van der Waals surface area contributed by atoms with E-state index in [1.165, 1.54) is 5.56 Å². The molecule has 0 radical (unpaired) electrons. The topological polar surface area (TPSA) is 67.2 Å². The number of hydrogen-bond donors (Lipinski definition) is 0. The van der Waals surface area contributed by atoms with Crippen molar-refractivity contribution in [3.63, 3.8) is 0 Å². The molecule has 0 aromatic heterocycles. The van der Waals surface area contributed by atoms with E-state index >= 15 is 0 Å². The molecule has 0 aliphatic rings. The lowest BCUT2D eigenvalue weighted by Gasteiger charge is -2.31. The summed E-state index contributed by atoms with van der Waals surface area (Å²) in [4.78, 5) is 2.96. The van der Waals surface area contributed by atoms with Crippen LogP contribution in [0.2, 0.25) is 39.3 Å². The van der Waals surface area contributed by atoms with Crippen molar-refractivity contribution in [1.29, 1.82) is 0 Å². The molecule has 23 heavy (non-hydrogen) atoms. The molecule has 0 amide bonds. The van der Waals surface area contributed by atoms with Crippen LogP contribution in [0.15, 0.2) is 29.4 Å². The summed E-state index contributed by atoms with van der Waals surface area (Å²) >= 11 is 0. The first-order chi connectivity index (χ1) is 10.5. The summed E-state index contributed by atoms with van der Waals surface area (Å²) in [6, 6.07) is 8.33. The highest BCUT2D eigenvalue weighted by molar-refractivity contribution is 6.70. The Bertz CT molecular complexity index is 544. The zero-order valence-corrected chi connectivity index (χ0v) is 17.3. The largest absolute Gasteiger partial charge is 0.411 e. The maximum atomic E-state index is 8.85. The molecule has 0 saturated heterocycles. The summed E-state index contributed by atoms with van der Waals surface area (Å²) < 4.78 is 12.4. The molecule has 2 unspecified atom stereocenters. The molecule has 0 aliphatic carbocycles. The van der Waals surface area contributed by atoms with Crippen LogP contribution in [0.3, 0.4) is 0 Å². The van der Waals surface area contributed by atoms with Gasteiger partial charge in [-0.3, -0.25) is 0 Å². The number of rotatable bonds is 8. The molecule has 5 nitrogen and oxygen atoms in total. The first-order valence-corrected chi connectivity index (χ1v) is 14.8. The van der Waals surface area contributed by atoms with E-state index in [4.69, 9.17) is 14.4 Å². The summed E-state index contributed by atoms with van der Waals surface area (Å²) in [5, 5.41) is 3.85. The molecule has 0 spiro atoms. The van der Waals surface area contributed by atoms with E-state index in [0.29, 0.717) is 6.42 Å². The Balaban J connectivity index is 3.02. The van der Waals surface area contributed by atoms with Crippen LogP contribution in [0.5, 0.6) is 0 Å². The zero-order valence-electron chi connectivity index (χ0n) is 15.3. The fourth-order valence-electron chi connectivity index (χ4n) is 2.23. The van der Waals surface area contributed by atoms with Gasteiger partial charge in [-0.05, 0) is 57.3 Å². The minimum Gasteiger partial charge on any atom is -0.411 e. The average Bonchev–Trinajstić information content (AvgIpc) is 2.35. The van der Waals surface area contributed by atoms with Gasteiger partial charge < -0.3 is 8.85 Å². The molecular formula is C16H29N3O2Si2. The van der Waals surface area contributed by atoms with Gasteiger partial charge in [-0.1, -0.05) is 34.9 Å². The lowest BCUT2D eigenvalue weighted by Crippen LogP contribution is -2.34. The van der Waals surface area contributed by atoms with E-state index in [9.17, 15) is 0 Å². The van der Waals surface area contributed by atoms with Crippen molar-refractivity contribution >= 4 is 16.6 Å². The van der Waals surface area contributed by atoms with Crippen LogP contribution in [-0.2, 0) is 8.85 Å². The van der Waals surface area contributed by atoms with Crippen LogP contribution in [0.1, 0.15) is 23.7 Å². The van der Waals surface area contributed by atoms with Gasteiger partial charge in [0, 0.05) is 11.3 Å². The van der Waals surface area contributed by atoms with Crippen molar-refractivity contribution in [2.24, 2.45) is 5.11 Å². The van der Waals surface area contributed by atoms with Crippen molar-refractivity contribution < 1.29 is 8.85 Å². The van der Waals surface area contributed by atoms with Crippen LogP contribution in [0.25, 0.3) is 10.4 Å². The van der Waals surface area contributed by atoms with E-state index in [-0.39, 0.29) is 6.10 Å². The predicted molar refractivity (Wildman–Crippen MR) is 100 cm³/mol. The Labute approximate surface area is 141 Å². The molecule has 0 heterocycles. The number of aryl methyl sites for hydroxylation is 1. The third-order valence-corrected chi connectivity index (χ3v) is 5.00. The molecule has 1 rings (SSSR count). The van der Waals surface area contributed by atoms with Crippen LogP contribution >= 0.6 is 0 Å². The van der Waals surface area contributed by atoms with Gasteiger partial charge in [0.25, 0.3) is 0 Å². The molecule has 2 atom stereocenters. The van der Waals surface area contributed by atoms with Gasteiger partial charge >= 0.3 is 0 Å². The van der Waals surface area contributed by atoms with Crippen molar-refractivity contribution in [3.8, 4) is 0 Å². The lowest BCUT2D eigenvalue weighted by atomic mass is 10.0. The molecule has 7 heteroatoms. The van der Waals surface area contributed by atoms with Crippen molar-refractivity contribution in [1.82, 2.24) is 0 Å². The van der Waals surface area contributed by atoms with E-state index in [1.54, 1.807) is 0 Å². The van der Waals surface area contributed by atoms with Crippen LogP contribution < -0.4 is 0 Å². The quantitative estimate of drug-likeness (QED) is 0.258. The molecule has 1 aromatic carbocycles. The maximum Gasteiger partial charge on any atom is 0.184 e. The summed E-state index contributed by atoms with van der Waals surface area (Å²) in [5.74, 6) is 0.